The minimum atomic E-state index is 0. The third-order valence-electron chi connectivity index (χ3n) is 11.3. The van der Waals surface area contributed by atoms with E-state index in [1.165, 1.54) is 50.1 Å². The molecule has 6 aromatic carbocycles. The third-order valence-corrected chi connectivity index (χ3v) is 11.3. The molecule has 57 heavy (non-hydrogen) atoms. The first-order valence-electron chi connectivity index (χ1n) is 19.7. The monoisotopic (exact) mass is 924 g/mol. The van der Waals surface area contributed by atoms with Gasteiger partial charge < -0.3 is 19.3 Å². The summed E-state index contributed by atoms with van der Waals surface area (Å²) in [7, 11) is 2.14. The molecular weight excluding hydrogens is 878 g/mol. The van der Waals surface area contributed by atoms with Crippen molar-refractivity contribution in [3.63, 3.8) is 0 Å². The summed E-state index contributed by atoms with van der Waals surface area (Å²) in [5.74, 6) is 1.65. The number of nitrogens with zero attached hydrogens (tertiary/aromatic N) is 5. The van der Waals surface area contributed by atoms with E-state index in [-0.39, 0.29) is 21.1 Å². The Morgan fingerprint density at radius 1 is 0.649 bits per heavy atom. The van der Waals surface area contributed by atoms with E-state index in [0.717, 1.165) is 51.7 Å². The average Bonchev–Trinajstić information content (AvgIpc) is 3.73. The van der Waals surface area contributed by atoms with Crippen molar-refractivity contribution in [2.45, 2.75) is 53.4 Å². The van der Waals surface area contributed by atoms with Crippen LogP contribution in [0.3, 0.4) is 0 Å². The molecule has 1 aliphatic heterocycles. The van der Waals surface area contributed by atoms with Crippen LogP contribution in [0.5, 0.6) is 0 Å². The molecule has 2 aromatic heterocycles. The van der Waals surface area contributed by atoms with Crippen molar-refractivity contribution in [1.82, 2.24) is 9.55 Å². The zero-order chi connectivity index (χ0) is 38.7. The van der Waals surface area contributed by atoms with E-state index in [9.17, 15) is 0 Å². The number of benzene rings is 6. The molecule has 6 heteroatoms. The molecule has 0 radical (unpaired) electrons. The molecule has 0 atom stereocenters. The molecule has 0 bridgehead atoms. The standard InChI is InChI=1S/C51H47N5.Pt/c1-33(2)41-20-14-21-42(34(3)4)50(41)37-27-28-52-49(29-37)56-45-22-9-8-19-43(45)44-26-25-40(31-48(44)56)55(51-35(5)15-12-16-36(51)6)39-18-13-17-38(30-39)54-32-53(7)46-23-10-11-24-47(46)54;/h8-29,33-34H,32H2,1-7H3;/q-2;+2. The Labute approximate surface area is 351 Å². The zero-order valence-electron chi connectivity index (χ0n) is 33.6. The van der Waals surface area contributed by atoms with Crippen LogP contribution in [0.25, 0.3) is 38.8 Å². The van der Waals surface area contributed by atoms with Crippen LogP contribution in [0.1, 0.15) is 61.8 Å². The van der Waals surface area contributed by atoms with Gasteiger partial charge in [-0.25, -0.2) is 4.98 Å². The number of pyridine rings is 1. The fourth-order valence-corrected chi connectivity index (χ4v) is 8.68. The first-order valence-corrected chi connectivity index (χ1v) is 19.7. The first kappa shape index (κ1) is 38.2. The average molecular weight is 925 g/mol. The van der Waals surface area contributed by atoms with Gasteiger partial charge in [-0.15, -0.1) is 35.7 Å². The van der Waals surface area contributed by atoms with E-state index in [4.69, 9.17) is 4.98 Å². The van der Waals surface area contributed by atoms with Crippen LogP contribution in [0.4, 0.5) is 34.1 Å². The van der Waals surface area contributed by atoms with Gasteiger partial charge in [-0.2, -0.15) is 12.1 Å². The van der Waals surface area contributed by atoms with Crippen LogP contribution in [0.2, 0.25) is 0 Å². The van der Waals surface area contributed by atoms with Gasteiger partial charge in [0.2, 0.25) is 0 Å². The normalized spacial score (nSPS) is 12.5. The van der Waals surface area contributed by atoms with Crippen LogP contribution >= 0.6 is 0 Å². The number of aryl methyl sites for hydroxylation is 2. The largest absolute Gasteiger partial charge is 2.00 e. The molecule has 0 amide bonds. The summed E-state index contributed by atoms with van der Waals surface area (Å²) in [5, 5.41) is 2.31. The SMILES string of the molecule is Cc1cccc(C)c1N(c1[c-]c(N2CN(C)c3ccccc32)ccc1)c1[c-]c2c(cc1)c1ccccc1n2-c1cc(-c2c(C(C)C)cccc2C(C)C)ccn1.[Pt+2]. The Morgan fingerprint density at radius 2 is 1.30 bits per heavy atom. The quantitative estimate of drug-likeness (QED) is 0.142. The molecular formula is C51H47N5Pt. The summed E-state index contributed by atoms with van der Waals surface area (Å²) in [6.07, 6.45) is 1.97. The van der Waals surface area contributed by atoms with Gasteiger partial charge >= 0.3 is 21.1 Å². The van der Waals surface area contributed by atoms with Crippen LogP contribution in [-0.4, -0.2) is 23.3 Å². The van der Waals surface area contributed by atoms with Gasteiger partial charge in [0.15, 0.2) is 0 Å². The minimum absolute atomic E-state index is 0. The molecule has 0 unspecified atom stereocenters. The second kappa shape index (κ2) is 15.4. The number of rotatable bonds is 8. The molecule has 0 spiro atoms. The second-order valence-electron chi connectivity index (χ2n) is 15.7. The summed E-state index contributed by atoms with van der Waals surface area (Å²) in [5.41, 5.74) is 16.1. The van der Waals surface area contributed by atoms with Crippen molar-refractivity contribution < 1.29 is 21.1 Å². The number of para-hydroxylation sites is 4. The molecule has 8 aromatic rings. The van der Waals surface area contributed by atoms with E-state index >= 15 is 0 Å². The van der Waals surface area contributed by atoms with Crippen LogP contribution in [0, 0.1) is 26.0 Å². The predicted octanol–water partition coefficient (Wildman–Crippen LogP) is 13.3. The Kier molecular flexibility index (Phi) is 10.3. The number of anilines is 6. The van der Waals surface area contributed by atoms with E-state index < -0.39 is 0 Å². The molecule has 286 valence electrons. The Balaban J connectivity index is 0.00000455. The smallest absolute Gasteiger partial charge is 0.358 e. The van der Waals surface area contributed by atoms with Gasteiger partial charge in [0.05, 0.1) is 18.0 Å². The Hall–Kier alpha value is -5.64. The fourth-order valence-electron chi connectivity index (χ4n) is 8.68. The maximum absolute atomic E-state index is 5.07. The van der Waals surface area contributed by atoms with Gasteiger partial charge in [0.25, 0.3) is 0 Å². The van der Waals surface area contributed by atoms with Crippen molar-refractivity contribution in [3.05, 3.63) is 168 Å². The zero-order valence-corrected chi connectivity index (χ0v) is 35.9. The maximum Gasteiger partial charge on any atom is 2.00 e. The van der Waals surface area contributed by atoms with Crippen LogP contribution < -0.4 is 14.7 Å². The van der Waals surface area contributed by atoms with Crippen molar-refractivity contribution in [1.29, 1.82) is 0 Å². The number of fused-ring (bicyclic) bond motifs is 4. The van der Waals surface area contributed by atoms with Gasteiger partial charge in [-0.3, -0.25) is 0 Å². The minimum Gasteiger partial charge on any atom is -0.358 e. The van der Waals surface area contributed by atoms with E-state index in [2.05, 4.69) is 207 Å². The summed E-state index contributed by atoms with van der Waals surface area (Å²) in [4.78, 5) is 12.0. The molecule has 0 fully saturated rings. The fraction of sp³-hybridized carbons (Fsp3) is 0.196. The summed E-state index contributed by atoms with van der Waals surface area (Å²) in [6, 6.07) is 53.7. The van der Waals surface area contributed by atoms with Crippen molar-refractivity contribution in [2.75, 3.05) is 28.4 Å². The topological polar surface area (TPSA) is 27.5 Å². The van der Waals surface area contributed by atoms with Crippen LogP contribution in [0.15, 0.2) is 134 Å². The van der Waals surface area contributed by atoms with Crippen molar-refractivity contribution in [3.8, 4) is 16.9 Å². The summed E-state index contributed by atoms with van der Waals surface area (Å²) >= 11 is 0. The molecule has 1 aliphatic rings. The molecule has 0 saturated carbocycles. The Bertz CT molecular complexity index is 2720. The number of aromatic nitrogens is 2. The Morgan fingerprint density at radius 3 is 2.04 bits per heavy atom. The number of hydrogen-bond donors (Lipinski definition) is 0. The summed E-state index contributed by atoms with van der Waals surface area (Å²) < 4.78 is 2.30. The van der Waals surface area contributed by atoms with Gasteiger partial charge in [0.1, 0.15) is 5.82 Å². The third kappa shape index (κ3) is 6.62. The van der Waals surface area contributed by atoms with Gasteiger partial charge in [-0.05, 0) is 94.8 Å². The maximum atomic E-state index is 5.07. The second-order valence-corrected chi connectivity index (χ2v) is 15.7. The van der Waals surface area contributed by atoms with Gasteiger partial charge in [0, 0.05) is 24.4 Å². The molecule has 0 N–H and O–H groups in total. The van der Waals surface area contributed by atoms with E-state index in [1.807, 2.05) is 6.20 Å². The molecule has 0 aliphatic carbocycles. The molecule has 0 saturated heterocycles. The molecule has 3 heterocycles. The van der Waals surface area contributed by atoms with Crippen LogP contribution in [-0.2, 0) is 21.1 Å². The van der Waals surface area contributed by atoms with Crippen molar-refractivity contribution in [2.24, 2.45) is 0 Å². The van der Waals surface area contributed by atoms with Gasteiger partial charge in [-0.1, -0.05) is 117 Å². The number of hydrogen-bond acceptors (Lipinski definition) is 4. The van der Waals surface area contributed by atoms with Crippen molar-refractivity contribution >= 4 is 55.9 Å². The summed E-state index contributed by atoms with van der Waals surface area (Å²) in [6.45, 7) is 14.3. The van der Waals surface area contributed by atoms with E-state index in [0.29, 0.717) is 11.8 Å². The molecule has 5 nitrogen and oxygen atoms in total. The first-order chi connectivity index (χ1) is 27.2. The van der Waals surface area contributed by atoms with E-state index in [1.54, 1.807) is 0 Å². The predicted molar refractivity (Wildman–Crippen MR) is 236 cm³/mol. The molecule has 9 rings (SSSR count).